The molecule has 0 radical (unpaired) electrons. The summed E-state index contributed by atoms with van der Waals surface area (Å²) in [7, 11) is 0. The van der Waals surface area contributed by atoms with Crippen LogP contribution in [0.1, 0.15) is 29.2 Å². The summed E-state index contributed by atoms with van der Waals surface area (Å²) in [6, 6.07) is 9.38. The molecule has 0 saturated heterocycles. The summed E-state index contributed by atoms with van der Waals surface area (Å²) in [5, 5.41) is 20.5. The quantitative estimate of drug-likeness (QED) is 0.534. The molecular weight excluding hydrogens is 408 g/mol. The highest BCUT2D eigenvalue weighted by atomic mass is 35.5. The molecular formula is C20H15ClN6OS. The number of fused-ring (bicyclic) bond motifs is 1. The van der Waals surface area contributed by atoms with E-state index in [4.69, 9.17) is 11.6 Å². The van der Waals surface area contributed by atoms with Gasteiger partial charge in [-0.05, 0) is 41.4 Å². The first-order chi connectivity index (χ1) is 14.1. The SMILES string of the molecule is Cc1nn(-c2nncc(-c3ccc(Cl)cc3)n2)c2c1[C@H](c1ccsc1)CC(=O)N2. The fourth-order valence-corrected chi connectivity index (χ4v) is 4.43. The number of carbonyl (C=O) groups is 1. The molecule has 0 unspecified atom stereocenters. The van der Waals surface area contributed by atoms with Crippen molar-refractivity contribution in [2.45, 2.75) is 19.3 Å². The number of nitrogens with zero attached hydrogens (tertiary/aromatic N) is 5. The van der Waals surface area contributed by atoms with Gasteiger partial charge < -0.3 is 5.32 Å². The molecule has 4 aromatic rings. The Morgan fingerprint density at radius 1 is 1.24 bits per heavy atom. The maximum absolute atomic E-state index is 12.4. The van der Waals surface area contributed by atoms with Crippen molar-refractivity contribution in [2.24, 2.45) is 0 Å². The number of rotatable bonds is 3. The highest BCUT2D eigenvalue weighted by molar-refractivity contribution is 7.08. The lowest BCUT2D eigenvalue weighted by Crippen LogP contribution is -2.25. The molecule has 29 heavy (non-hydrogen) atoms. The van der Waals surface area contributed by atoms with Gasteiger partial charge in [-0.3, -0.25) is 4.79 Å². The molecule has 0 fully saturated rings. The molecule has 1 aromatic carbocycles. The molecule has 7 nitrogen and oxygen atoms in total. The van der Waals surface area contributed by atoms with E-state index in [1.807, 2.05) is 30.5 Å². The van der Waals surface area contributed by atoms with E-state index < -0.39 is 0 Å². The minimum Gasteiger partial charge on any atom is -0.310 e. The van der Waals surface area contributed by atoms with Gasteiger partial charge in [0, 0.05) is 28.5 Å². The van der Waals surface area contributed by atoms with Crippen LogP contribution in [0.4, 0.5) is 5.82 Å². The number of aromatic nitrogens is 5. The van der Waals surface area contributed by atoms with Gasteiger partial charge in [0.05, 0.1) is 17.6 Å². The third kappa shape index (κ3) is 3.20. The van der Waals surface area contributed by atoms with Gasteiger partial charge in [-0.2, -0.15) is 26.2 Å². The fourth-order valence-electron chi connectivity index (χ4n) is 3.59. The molecule has 1 aliphatic rings. The van der Waals surface area contributed by atoms with E-state index in [9.17, 15) is 4.79 Å². The third-order valence-electron chi connectivity index (χ3n) is 4.93. The van der Waals surface area contributed by atoms with Gasteiger partial charge in [-0.1, -0.05) is 23.7 Å². The van der Waals surface area contributed by atoms with Gasteiger partial charge in [0.1, 0.15) is 5.82 Å². The lowest BCUT2D eigenvalue weighted by Gasteiger charge is -2.23. The Morgan fingerprint density at radius 3 is 2.83 bits per heavy atom. The number of carbonyl (C=O) groups excluding carboxylic acids is 1. The van der Waals surface area contributed by atoms with Crippen molar-refractivity contribution in [3.63, 3.8) is 0 Å². The maximum Gasteiger partial charge on any atom is 0.272 e. The van der Waals surface area contributed by atoms with Crippen LogP contribution in [0.15, 0.2) is 47.3 Å². The van der Waals surface area contributed by atoms with Gasteiger partial charge in [0.25, 0.3) is 5.95 Å². The van der Waals surface area contributed by atoms with Gasteiger partial charge >= 0.3 is 0 Å². The summed E-state index contributed by atoms with van der Waals surface area (Å²) >= 11 is 7.59. The Hall–Kier alpha value is -3.10. The lowest BCUT2D eigenvalue weighted by molar-refractivity contribution is -0.116. The van der Waals surface area contributed by atoms with Gasteiger partial charge in [-0.15, -0.1) is 5.10 Å². The second-order valence-corrected chi connectivity index (χ2v) is 7.99. The summed E-state index contributed by atoms with van der Waals surface area (Å²) < 4.78 is 1.56. The fraction of sp³-hybridized carbons (Fsp3) is 0.150. The van der Waals surface area contributed by atoms with Crippen LogP contribution in [-0.2, 0) is 4.79 Å². The Balaban J connectivity index is 1.62. The predicted octanol–water partition coefficient (Wildman–Crippen LogP) is 4.22. The summed E-state index contributed by atoms with van der Waals surface area (Å²) in [5.41, 5.74) is 4.44. The van der Waals surface area contributed by atoms with Crippen molar-refractivity contribution in [1.29, 1.82) is 0 Å². The summed E-state index contributed by atoms with van der Waals surface area (Å²) in [6.45, 7) is 1.93. The standard InChI is InChI=1S/C20H15ClN6OS/c1-11-18-15(13-6-7-29-10-13)8-17(28)24-19(18)27(26-11)20-23-16(9-22-25-20)12-2-4-14(21)5-3-12/h2-7,9-10,15H,8H2,1H3,(H,24,28)/t15-/m0/s1. The monoisotopic (exact) mass is 422 g/mol. The Morgan fingerprint density at radius 2 is 2.07 bits per heavy atom. The van der Waals surface area contributed by atoms with Crippen LogP contribution in [0.5, 0.6) is 0 Å². The topological polar surface area (TPSA) is 85.6 Å². The highest BCUT2D eigenvalue weighted by Crippen LogP contribution is 2.40. The minimum absolute atomic E-state index is 0.0360. The first kappa shape index (κ1) is 18.0. The molecule has 3 aromatic heterocycles. The minimum atomic E-state index is -0.0586. The summed E-state index contributed by atoms with van der Waals surface area (Å²) in [5.74, 6) is 0.806. The van der Waals surface area contributed by atoms with Crippen molar-refractivity contribution in [3.8, 4) is 17.2 Å². The van der Waals surface area contributed by atoms with Crippen LogP contribution in [0, 0.1) is 6.92 Å². The highest BCUT2D eigenvalue weighted by Gasteiger charge is 2.33. The number of aryl methyl sites for hydroxylation is 1. The Kier molecular flexibility index (Phi) is 4.37. The van der Waals surface area contributed by atoms with Crippen LogP contribution >= 0.6 is 22.9 Å². The van der Waals surface area contributed by atoms with Gasteiger partial charge in [0.15, 0.2) is 0 Å². The van der Waals surface area contributed by atoms with Crippen molar-refractivity contribution in [3.05, 3.63) is 69.1 Å². The van der Waals surface area contributed by atoms with E-state index in [1.54, 1.807) is 34.3 Å². The van der Waals surface area contributed by atoms with Crippen molar-refractivity contribution < 1.29 is 4.79 Å². The predicted molar refractivity (Wildman–Crippen MR) is 112 cm³/mol. The van der Waals surface area contributed by atoms with Crippen LogP contribution in [-0.4, -0.2) is 30.9 Å². The average Bonchev–Trinajstić information content (AvgIpc) is 3.37. The largest absolute Gasteiger partial charge is 0.310 e. The lowest BCUT2D eigenvalue weighted by atomic mass is 9.87. The smallest absolute Gasteiger partial charge is 0.272 e. The second kappa shape index (κ2) is 7.06. The van der Waals surface area contributed by atoms with Gasteiger partial charge in [-0.25, -0.2) is 4.98 Å². The molecule has 1 N–H and O–H groups in total. The molecule has 4 heterocycles. The number of hydrogen-bond acceptors (Lipinski definition) is 6. The van der Waals surface area contributed by atoms with E-state index >= 15 is 0 Å². The van der Waals surface area contributed by atoms with Crippen molar-refractivity contribution >= 4 is 34.7 Å². The second-order valence-electron chi connectivity index (χ2n) is 6.77. The first-order valence-electron chi connectivity index (χ1n) is 8.97. The number of hydrogen-bond donors (Lipinski definition) is 1. The molecule has 0 aliphatic carbocycles. The van der Waals surface area contributed by atoms with E-state index in [0.717, 1.165) is 22.4 Å². The van der Waals surface area contributed by atoms with Crippen LogP contribution in [0.3, 0.4) is 0 Å². The molecule has 1 atom stereocenters. The Bertz CT molecular complexity index is 1200. The molecule has 5 rings (SSSR count). The van der Waals surface area contributed by atoms with Crippen LogP contribution in [0.25, 0.3) is 17.2 Å². The van der Waals surface area contributed by atoms with E-state index in [-0.39, 0.29) is 11.8 Å². The normalized spacial score (nSPS) is 15.8. The molecule has 0 saturated carbocycles. The number of thiophene rings is 1. The van der Waals surface area contributed by atoms with Crippen molar-refractivity contribution in [1.82, 2.24) is 25.0 Å². The third-order valence-corrected chi connectivity index (χ3v) is 5.88. The molecule has 0 spiro atoms. The maximum atomic E-state index is 12.4. The molecule has 0 bridgehead atoms. The average molecular weight is 423 g/mol. The van der Waals surface area contributed by atoms with E-state index in [1.165, 1.54) is 0 Å². The van der Waals surface area contributed by atoms with Crippen molar-refractivity contribution in [2.75, 3.05) is 5.32 Å². The number of nitrogens with one attached hydrogen (secondary N) is 1. The number of amides is 1. The number of halogens is 1. The van der Waals surface area contributed by atoms with E-state index in [2.05, 4.69) is 31.0 Å². The summed E-state index contributed by atoms with van der Waals surface area (Å²) in [6.07, 6.45) is 1.97. The van der Waals surface area contributed by atoms with Gasteiger partial charge in [0.2, 0.25) is 5.91 Å². The number of benzene rings is 1. The zero-order chi connectivity index (χ0) is 20.0. The molecule has 9 heteroatoms. The zero-order valence-electron chi connectivity index (χ0n) is 15.3. The molecule has 144 valence electrons. The van der Waals surface area contributed by atoms with E-state index in [0.29, 0.717) is 28.9 Å². The first-order valence-corrected chi connectivity index (χ1v) is 10.3. The summed E-state index contributed by atoms with van der Waals surface area (Å²) in [4.78, 5) is 17.0. The Labute approximate surface area is 175 Å². The van der Waals surface area contributed by atoms with Crippen LogP contribution in [0.2, 0.25) is 5.02 Å². The van der Waals surface area contributed by atoms with Crippen LogP contribution < -0.4 is 5.32 Å². The molecule has 1 amide bonds. The zero-order valence-corrected chi connectivity index (χ0v) is 16.9. The number of anilines is 1. The molecule has 1 aliphatic heterocycles.